The maximum absolute atomic E-state index is 13.2. The lowest BCUT2D eigenvalue weighted by molar-refractivity contribution is 0.251. The molecule has 0 aliphatic rings. The molecule has 1 aromatic heterocycles. The lowest BCUT2D eigenvalue weighted by Crippen LogP contribution is -2.29. The third-order valence-corrected chi connectivity index (χ3v) is 7.18. The van der Waals surface area contributed by atoms with Gasteiger partial charge in [0, 0.05) is 21.4 Å². The maximum Gasteiger partial charge on any atom is 0.319 e. The van der Waals surface area contributed by atoms with Gasteiger partial charge in [-0.2, -0.15) is 0 Å². The van der Waals surface area contributed by atoms with Crippen molar-refractivity contribution in [3.8, 4) is 5.69 Å². The molecule has 35 heavy (non-hydrogen) atoms. The van der Waals surface area contributed by atoms with Gasteiger partial charge in [-0.1, -0.05) is 47.1 Å². The summed E-state index contributed by atoms with van der Waals surface area (Å²) in [6.45, 7) is 0.0989. The first-order valence-corrected chi connectivity index (χ1v) is 13.4. The minimum Gasteiger partial charge on any atom is -0.331 e. The molecule has 0 fully saturated rings. The summed E-state index contributed by atoms with van der Waals surface area (Å²) in [5.74, 6) is 0.722. The molecule has 2 amide bonds. The molecule has 4 rings (SSSR count). The first-order valence-electron chi connectivity index (χ1n) is 10.4. The Balaban J connectivity index is 1.53. The first-order chi connectivity index (χ1) is 16.9. The summed E-state index contributed by atoms with van der Waals surface area (Å²) in [6.07, 6.45) is 1.99. The summed E-state index contributed by atoms with van der Waals surface area (Å²) in [5, 5.41) is 15.7. The van der Waals surface area contributed by atoms with Crippen molar-refractivity contribution in [3.05, 3.63) is 94.0 Å². The SMILES string of the molecule is CSc1ccc(NC(=O)NCc2nnc(SCc3ccc(F)cc3)n2-c2cc(Cl)ccc2Cl)cc1. The summed E-state index contributed by atoms with van der Waals surface area (Å²) in [7, 11) is 0. The molecule has 11 heteroatoms. The van der Waals surface area contributed by atoms with Crippen molar-refractivity contribution in [3.63, 3.8) is 0 Å². The van der Waals surface area contributed by atoms with Crippen LogP contribution in [-0.2, 0) is 12.3 Å². The largest absolute Gasteiger partial charge is 0.331 e. The number of urea groups is 1. The van der Waals surface area contributed by atoms with Crippen LogP contribution >= 0.6 is 46.7 Å². The Morgan fingerprint density at radius 1 is 1.03 bits per heavy atom. The summed E-state index contributed by atoms with van der Waals surface area (Å²) in [5.41, 5.74) is 2.19. The standard InChI is InChI=1S/C24H20Cl2FN5OS2/c1-34-19-9-7-18(8-10-19)29-23(33)28-13-22-30-31-24(35-14-15-2-5-17(27)6-3-15)32(22)21-12-16(25)4-11-20(21)26/h2-12H,13-14H2,1H3,(H2,28,29,33). The van der Waals surface area contributed by atoms with Gasteiger partial charge in [-0.15, -0.1) is 22.0 Å². The van der Waals surface area contributed by atoms with Crippen LogP contribution in [0.1, 0.15) is 11.4 Å². The monoisotopic (exact) mass is 547 g/mol. The van der Waals surface area contributed by atoms with Crippen molar-refractivity contribution in [1.82, 2.24) is 20.1 Å². The van der Waals surface area contributed by atoms with Gasteiger partial charge in [0.2, 0.25) is 0 Å². The first kappa shape index (κ1) is 25.4. The Morgan fingerprint density at radius 2 is 1.77 bits per heavy atom. The highest BCUT2D eigenvalue weighted by atomic mass is 35.5. The Hall–Kier alpha value is -2.72. The molecule has 0 unspecified atom stereocenters. The van der Waals surface area contributed by atoms with E-state index in [-0.39, 0.29) is 18.4 Å². The number of nitrogens with one attached hydrogen (secondary N) is 2. The lowest BCUT2D eigenvalue weighted by atomic mass is 10.2. The van der Waals surface area contributed by atoms with Crippen molar-refractivity contribution in [1.29, 1.82) is 0 Å². The molecule has 180 valence electrons. The van der Waals surface area contributed by atoms with Gasteiger partial charge in [-0.05, 0) is 66.4 Å². The smallest absolute Gasteiger partial charge is 0.319 e. The second kappa shape index (κ2) is 11.8. The van der Waals surface area contributed by atoms with Crippen LogP contribution in [0.2, 0.25) is 10.0 Å². The number of carbonyl (C=O) groups is 1. The minimum absolute atomic E-state index is 0.0989. The van der Waals surface area contributed by atoms with Gasteiger partial charge in [-0.25, -0.2) is 9.18 Å². The number of amides is 2. The van der Waals surface area contributed by atoms with Crippen molar-refractivity contribution < 1.29 is 9.18 Å². The molecule has 0 aliphatic carbocycles. The molecule has 6 nitrogen and oxygen atoms in total. The second-order valence-corrected chi connectivity index (χ2v) is 9.95. The van der Waals surface area contributed by atoms with Crippen LogP contribution in [-0.4, -0.2) is 27.1 Å². The van der Waals surface area contributed by atoms with E-state index in [2.05, 4.69) is 20.8 Å². The molecule has 0 bridgehead atoms. The van der Waals surface area contributed by atoms with Crippen LogP contribution in [0.5, 0.6) is 0 Å². The average molecular weight is 548 g/mol. The van der Waals surface area contributed by atoms with Crippen LogP contribution in [0.3, 0.4) is 0 Å². The zero-order valence-corrected chi connectivity index (χ0v) is 21.6. The molecule has 0 spiro atoms. The van der Waals surface area contributed by atoms with E-state index in [4.69, 9.17) is 23.2 Å². The number of benzene rings is 3. The van der Waals surface area contributed by atoms with Crippen molar-refractivity contribution >= 4 is 58.4 Å². The molecule has 0 saturated heterocycles. The van der Waals surface area contributed by atoms with E-state index < -0.39 is 0 Å². The average Bonchev–Trinajstić information content (AvgIpc) is 3.27. The highest BCUT2D eigenvalue weighted by Crippen LogP contribution is 2.31. The van der Waals surface area contributed by atoms with Gasteiger partial charge < -0.3 is 10.6 Å². The quantitative estimate of drug-likeness (QED) is 0.231. The van der Waals surface area contributed by atoms with Crippen molar-refractivity contribution in [2.45, 2.75) is 22.3 Å². The molecule has 4 aromatic rings. The number of hydrogen-bond donors (Lipinski definition) is 2. The number of anilines is 1. The molecule has 0 saturated carbocycles. The van der Waals surface area contributed by atoms with Gasteiger partial charge >= 0.3 is 6.03 Å². The third-order valence-electron chi connectivity index (χ3n) is 4.89. The summed E-state index contributed by atoms with van der Waals surface area (Å²) < 4.78 is 15.0. The van der Waals surface area contributed by atoms with E-state index in [0.717, 1.165) is 10.5 Å². The second-order valence-electron chi connectivity index (χ2n) is 7.28. The van der Waals surface area contributed by atoms with Gasteiger partial charge in [0.25, 0.3) is 0 Å². The Bertz CT molecular complexity index is 1320. The molecule has 0 aliphatic heterocycles. The zero-order chi connectivity index (χ0) is 24.8. The fourth-order valence-electron chi connectivity index (χ4n) is 3.14. The topological polar surface area (TPSA) is 71.8 Å². The fraction of sp³-hybridized carbons (Fsp3) is 0.125. The van der Waals surface area contributed by atoms with Crippen LogP contribution in [0.25, 0.3) is 5.69 Å². The number of carbonyl (C=O) groups excluding carboxylic acids is 1. The fourth-order valence-corrected chi connectivity index (χ4v) is 4.84. The summed E-state index contributed by atoms with van der Waals surface area (Å²) in [4.78, 5) is 13.6. The van der Waals surface area contributed by atoms with Gasteiger partial charge in [0.15, 0.2) is 11.0 Å². The lowest BCUT2D eigenvalue weighted by Gasteiger charge is -2.13. The number of thioether (sulfide) groups is 2. The molecule has 3 aromatic carbocycles. The number of halogens is 3. The Morgan fingerprint density at radius 3 is 2.49 bits per heavy atom. The van der Waals surface area contributed by atoms with E-state index in [1.807, 2.05) is 30.5 Å². The van der Waals surface area contributed by atoms with Gasteiger partial charge in [0.1, 0.15) is 5.82 Å². The number of nitrogens with zero attached hydrogens (tertiary/aromatic N) is 3. The zero-order valence-electron chi connectivity index (χ0n) is 18.5. The highest BCUT2D eigenvalue weighted by molar-refractivity contribution is 7.98. The van der Waals surface area contributed by atoms with E-state index in [1.165, 1.54) is 23.9 Å². The van der Waals surface area contributed by atoms with Crippen molar-refractivity contribution in [2.75, 3.05) is 11.6 Å². The molecule has 2 N–H and O–H groups in total. The Kier molecular flexibility index (Phi) is 8.56. The van der Waals surface area contributed by atoms with Gasteiger partial charge in [0.05, 0.1) is 17.3 Å². The predicted octanol–water partition coefficient (Wildman–Crippen LogP) is 7.05. The Labute approximate surface area is 220 Å². The molecular formula is C24H20Cl2FN5OS2. The molecule has 1 heterocycles. The van der Waals surface area contributed by atoms with E-state index in [9.17, 15) is 9.18 Å². The number of aromatic nitrogens is 3. The van der Waals surface area contributed by atoms with E-state index >= 15 is 0 Å². The molecule has 0 radical (unpaired) electrons. The third kappa shape index (κ3) is 6.70. The minimum atomic E-state index is -0.380. The van der Waals surface area contributed by atoms with E-state index in [0.29, 0.717) is 38.2 Å². The highest BCUT2D eigenvalue weighted by Gasteiger charge is 2.18. The summed E-state index contributed by atoms with van der Waals surface area (Å²) >= 11 is 15.7. The van der Waals surface area contributed by atoms with Crippen LogP contribution in [0, 0.1) is 5.82 Å². The molecular weight excluding hydrogens is 528 g/mol. The summed E-state index contributed by atoms with van der Waals surface area (Å²) in [6, 6.07) is 18.5. The van der Waals surface area contributed by atoms with Crippen LogP contribution in [0.15, 0.2) is 76.8 Å². The molecule has 0 atom stereocenters. The maximum atomic E-state index is 13.2. The van der Waals surface area contributed by atoms with Gasteiger partial charge in [-0.3, -0.25) is 4.57 Å². The van der Waals surface area contributed by atoms with E-state index in [1.54, 1.807) is 46.7 Å². The van der Waals surface area contributed by atoms with Crippen molar-refractivity contribution in [2.24, 2.45) is 0 Å². The van der Waals surface area contributed by atoms with Crippen LogP contribution < -0.4 is 10.6 Å². The van der Waals surface area contributed by atoms with Crippen LogP contribution in [0.4, 0.5) is 14.9 Å². The number of hydrogen-bond acceptors (Lipinski definition) is 5. The predicted molar refractivity (Wildman–Crippen MR) is 141 cm³/mol. The number of rotatable bonds is 8. The normalized spacial score (nSPS) is 10.9.